The highest BCUT2D eigenvalue weighted by Gasteiger charge is 2.19. The van der Waals surface area contributed by atoms with Gasteiger partial charge in [-0.2, -0.15) is 0 Å². The summed E-state index contributed by atoms with van der Waals surface area (Å²) >= 11 is 0. The van der Waals surface area contributed by atoms with Gasteiger partial charge in [0, 0.05) is 32.6 Å². The third kappa shape index (κ3) is 18.4. The molecular weight excluding hydrogens is 408 g/mol. The van der Waals surface area contributed by atoms with Gasteiger partial charge in [0.05, 0.1) is 13.2 Å². The maximum Gasteiger partial charge on any atom is 0.326 e. The Bertz CT molecular complexity index is 528. The van der Waals surface area contributed by atoms with E-state index in [0.29, 0.717) is 51.9 Å². The van der Waals surface area contributed by atoms with E-state index in [2.05, 4.69) is 10.6 Å². The van der Waals surface area contributed by atoms with Crippen molar-refractivity contribution in [2.45, 2.75) is 64.8 Å². The molecule has 0 aliphatic carbocycles. The summed E-state index contributed by atoms with van der Waals surface area (Å²) in [5, 5.41) is 14.4. The molecule has 0 saturated carbocycles. The predicted molar refractivity (Wildman–Crippen MR) is 114 cm³/mol. The van der Waals surface area contributed by atoms with E-state index in [1.165, 1.54) is 0 Å². The maximum atomic E-state index is 11.8. The van der Waals surface area contributed by atoms with Crippen molar-refractivity contribution in [2.75, 3.05) is 46.2 Å². The van der Waals surface area contributed by atoms with E-state index < -0.39 is 17.9 Å². The third-order valence-corrected chi connectivity index (χ3v) is 4.16. The molecule has 180 valence electrons. The lowest BCUT2D eigenvalue weighted by Crippen LogP contribution is -2.42. The number of nitrogens with one attached hydrogen (secondary N) is 2. The van der Waals surface area contributed by atoms with Gasteiger partial charge >= 0.3 is 5.97 Å². The smallest absolute Gasteiger partial charge is 0.326 e. The number of carboxylic acids is 1. The van der Waals surface area contributed by atoms with Crippen molar-refractivity contribution in [1.82, 2.24) is 10.6 Å². The van der Waals surface area contributed by atoms with Gasteiger partial charge in [0.1, 0.15) is 19.3 Å². The first kappa shape index (κ1) is 29.0. The molecule has 0 aliphatic rings. The lowest BCUT2D eigenvalue weighted by molar-refractivity contribution is -0.142. The van der Waals surface area contributed by atoms with Crippen LogP contribution in [0.25, 0.3) is 0 Å². The van der Waals surface area contributed by atoms with Gasteiger partial charge in [0.15, 0.2) is 5.78 Å². The van der Waals surface area contributed by atoms with Crippen molar-refractivity contribution < 1.29 is 38.5 Å². The highest BCUT2D eigenvalue weighted by atomic mass is 16.5. The molecule has 1 unspecified atom stereocenters. The van der Waals surface area contributed by atoms with E-state index in [1.807, 2.05) is 6.92 Å². The molecule has 10 heteroatoms. The number of hydrogen-bond acceptors (Lipinski definition) is 7. The molecule has 0 aliphatic heterocycles. The first-order chi connectivity index (χ1) is 14.9. The van der Waals surface area contributed by atoms with Crippen LogP contribution in [-0.4, -0.2) is 80.9 Å². The van der Waals surface area contributed by atoms with Crippen LogP contribution in [0.5, 0.6) is 0 Å². The Hall–Kier alpha value is -2.04. The van der Waals surface area contributed by atoms with Crippen LogP contribution in [0.15, 0.2) is 0 Å². The lowest BCUT2D eigenvalue weighted by Gasteiger charge is -2.14. The van der Waals surface area contributed by atoms with Crippen LogP contribution in [0.4, 0.5) is 0 Å². The summed E-state index contributed by atoms with van der Waals surface area (Å²) < 4.78 is 15.7. The molecule has 0 rings (SSSR count). The number of hydrogen-bond donors (Lipinski definition) is 3. The number of amides is 2. The summed E-state index contributed by atoms with van der Waals surface area (Å²) in [6.07, 6.45) is 3.75. The fraction of sp³-hybridized carbons (Fsp3) is 0.810. The van der Waals surface area contributed by atoms with Crippen LogP contribution in [0.1, 0.15) is 58.8 Å². The van der Waals surface area contributed by atoms with Gasteiger partial charge in [-0.05, 0) is 32.1 Å². The summed E-state index contributed by atoms with van der Waals surface area (Å²) in [6, 6.07) is -0.993. The van der Waals surface area contributed by atoms with Crippen LogP contribution in [0.2, 0.25) is 0 Å². The average molecular weight is 447 g/mol. The molecule has 0 aromatic carbocycles. The quantitative estimate of drug-likeness (QED) is 0.222. The molecule has 0 spiro atoms. The average Bonchev–Trinajstić information content (AvgIpc) is 2.74. The summed E-state index contributed by atoms with van der Waals surface area (Å²) in [5.41, 5.74) is 0. The molecule has 10 nitrogen and oxygen atoms in total. The molecule has 2 amide bonds. The fourth-order valence-corrected chi connectivity index (χ4v) is 2.48. The molecule has 0 aromatic heterocycles. The monoisotopic (exact) mass is 446 g/mol. The standard InChI is InChI=1S/C21H38N2O8/c1-3-11-30-15-17(24)8-7-12-29-13-14-31-16-20(26)23-18(21(27)28)9-5-6-10-22-19(25)4-2/h18H,3-16H2,1-2H3,(H,22,25)(H,23,26)(H,27,28). The summed E-state index contributed by atoms with van der Waals surface area (Å²) in [4.78, 5) is 45.7. The molecular formula is C21H38N2O8. The van der Waals surface area contributed by atoms with Crippen LogP contribution in [0, 0.1) is 0 Å². The van der Waals surface area contributed by atoms with Gasteiger partial charge in [-0.15, -0.1) is 0 Å². The van der Waals surface area contributed by atoms with Crippen molar-refractivity contribution in [3.8, 4) is 0 Å². The van der Waals surface area contributed by atoms with Crippen molar-refractivity contribution in [2.24, 2.45) is 0 Å². The van der Waals surface area contributed by atoms with E-state index in [-0.39, 0.29) is 44.5 Å². The topological polar surface area (TPSA) is 140 Å². The van der Waals surface area contributed by atoms with Gasteiger partial charge in [-0.1, -0.05) is 13.8 Å². The number of carboxylic acid groups (broad SMARTS) is 1. The molecule has 3 N–H and O–H groups in total. The lowest BCUT2D eigenvalue weighted by atomic mass is 10.1. The zero-order valence-electron chi connectivity index (χ0n) is 18.8. The molecule has 0 radical (unpaired) electrons. The Balaban J connectivity index is 3.72. The second kappa shape index (κ2) is 19.9. The Morgan fingerprint density at radius 3 is 2.23 bits per heavy atom. The van der Waals surface area contributed by atoms with Gasteiger partial charge < -0.3 is 30.0 Å². The van der Waals surface area contributed by atoms with Crippen molar-refractivity contribution in [3.05, 3.63) is 0 Å². The zero-order valence-corrected chi connectivity index (χ0v) is 18.8. The SMILES string of the molecule is CCCOCC(=O)CCCOCCOCC(=O)NC(CCCCNC(=O)CC)C(=O)O. The van der Waals surface area contributed by atoms with E-state index in [0.717, 1.165) is 6.42 Å². The second-order valence-electron chi connectivity index (χ2n) is 7.02. The van der Waals surface area contributed by atoms with Crippen molar-refractivity contribution >= 4 is 23.6 Å². The van der Waals surface area contributed by atoms with Gasteiger partial charge in [0.25, 0.3) is 0 Å². The van der Waals surface area contributed by atoms with Gasteiger partial charge in [-0.3, -0.25) is 14.4 Å². The molecule has 0 fully saturated rings. The molecule has 31 heavy (non-hydrogen) atoms. The number of aliphatic carboxylic acids is 1. The molecule has 0 saturated heterocycles. The van der Waals surface area contributed by atoms with Crippen LogP contribution < -0.4 is 10.6 Å². The Labute approximate surface area is 184 Å². The van der Waals surface area contributed by atoms with Crippen LogP contribution in [-0.2, 0) is 33.4 Å². The number of ether oxygens (including phenoxy) is 3. The molecule has 0 bridgehead atoms. The maximum absolute atomic E-state index is 11.8. The number of unbranched alkanes of at least 4 members (excludes halogenated alkanes) is 1. The number of ketones is 1. The third-order valence-electron chi connectivity index (χ3n) is 4.16. The molecule has 1 atom stereocenters. The number of carbonyl (C=O) groups is 4. The fourth-order valence-electron chi connectivity index (χ4n) is 2.48. The predicted octanol–water partition coefficient (Wildman–Crippen LogP) is 1.06. The highest BCUT2D eigenvalue weighted by molar-refractivity contribution is 5.84. The van der Waals surface area contributed by atoms with Crippen LogP contribution in [0.3, 0.4) is 0 Å². The number of carbonyl (C=O) groups excluding carboxylic acids is 3. The van der Waals surface area contributed by atoms with E-state index >= 15 is 0 Å². The summed E-state index contributed by atoms with van der Waals surface area (Å²) in [7, 11) is 0. The summed E-state index contributed by atoms with van der Waals surface area (Å²) in [5.74, 6) is -1.62. The minimum Gasteiger partial charge on any atom is -0.480 e. The number of Topliss-reactive ketones (excluding diaryl/α,β-unsaturated/α-hetero) is 1. The normalized spacial score (nSPS) is 11.7. The zero-order chi connectivity index (χ0) is 23.3. The molecule has 0 aromatic rings. The van der Waals surface area contributed by atoms with Crippen molar-refractivity contribution in [3.63, 3.8) is 0 Å². The Kier molecular flexibility index (Phi) is 18.6. The van der Waals surface area contributed by atoms with Crippen molar-refractivity contribution in [1.29, 1.82) is 0 Å². The Morgan fingerprint density at radius 2 is 1.55 bits per heavy atom. The van der Waals surface area contributed by atoms with E-state index in [1.54, 1.807) is 6.92 Å². The summed E-state index contributed by atoms with van der Waals surface area (Å²) in [6.45, 7) is 5.56. The highest BCUT2D eigenvalue weighted by Crippen LogP contribution is 2.01. The minimum atomic E-state index is -1.11. The van der Waals surface area contributed by atoms with E-state index in [4.69, 9.17) is 14.2 Å². The minimum absolute atomic E-state index is 0.0451. The molecule has 0 heterocycles. The first-order valence-corrected chi connectivity index (χ1v) is 10.9. The largest absolute Gasteiger partial charge is 0.480 e. The van der Waals surface area contributed by atoms with Crippen LogP contribution >= 0.6 is 0 Å². The van der Waals surface area contributed by atoms with Gasteiger partial charge in [-0.25, -0.2) is 4.79 Å². The van der Waals surface area contributed by atoms with E-state index in [9.17, 15) is 24.3 Å². The second-order valence-corrected chi connectivity index (χ2v) is 7.02. The number of rotatable bonds is 21. The van der Waals surface area contributed by atoms with Gasteiger partial charge in [0.2, 0.25) is 11.8 Å². The Morgan fingerprint density at radius 1 is 0.839 bits per heavy atom. The first-order valence-electron chi connectivity index (χ1n) is 10.9.